The van der Waals surface area contributed by atoms with Crippen LogP contribution in [0.1, 0.15) is 17.9 Å². The fraction of sp³-hybridized carbons (Fsp3) is 0.188. The highest BCUT2D eigenvalue weighted by atomic mass is 19.1. The lowest BCUT2D eigenvalue weighted by Crippen LogP contribution is -2.06. The molecule has 0 aromatic heterocycles. The van der Waals surface area contributed by atoms with Crippen LogP contribution >= 0.6 is 0 Å². The summed E-state index contributed by atoms with van der Waals surface area (Å²) in [5.74, 6) is -0.757. The highest BCUT2D eigenvalue weighted by molar-refractivity contribution is 5.26. The fourth-order valence-electron chi connectivity index (χ4n) is 1.87. The van der Waals surface area contributed by atoms with Gasteiger partial charge < -0.3 is 4.74 Å². The molecule has 0 aliphatic heterocycles. The summed E-state index contributed by atoms with van der Waals surface area (Å²) in [6, 6.07) is 13.9. The van der Waals surface area contributed by atoms with Gasteiger partial charge in [0, 0.05) is 12.0 Å². The van der Waals surface area contributed by atoms with Crippen molar-refractivity contribution in [1.82, 2.24) is 0 Å². The lowest BCUT2D eigenvalue weighted by molar-refractivity contribution is 0.304. The zero-order valence-corrected chi connectivity index (χ0v) is 10.7. The molecule has 20 heavy (non-hydrogen) atoms. The molecule has 0 radical (unpaired) electrons. The van der Waals surface area contributed by atoms with Crippen LogP contribution in [-0.4, -0.2) is 6.61 Å². The first kappa shape index (κ1) is 14.0. The van der Waals surface area contributed by atoms with E-state index in [0.29, 0.717) is 17.7 Å². The van der Waals surface area contributed by atoms with Gasteiger partial charge in [-0.3, -0.25) is 0 Å². The first-order valence-corrected chi connectivity index (χ1v) is 6.23. The fourth-order valence-corrected chi connectivity index (χ4v) is 1.87. The molecular weight excluding hydrogens is 260 g/mol. The van der Waals surface area contributed by atoms with Crippen LogP contribution in [0.4, 0.5) is 8.78 Å². The quantitative estimate of drug-likeness (QED) is 0.823. The summed E-state index contributed by atoms with van der Waals surface area (Å²) in [5.41, 5.74) is 0.373. The van der Waals surface area contributed by atoms with E-state index in [0.717, 1.165) is 0 Å². The molecule has 0 N–H and O–H groups in total. The molecule has 102 valence electrons. The Balaban J connectivity index is 1.94. The number of nitrogens with zero attached hydrogens (tertiary/aromatic N) is 1. The number of ether oxygens (including phenoxy) is 1. The number of rotatable bonds is 5. The zero-order valence-electron chi connectivity index (χ0n) is 10.7. The van der Waals surface area contributed by atoms with Crippen LogP contribution in [0.5, 0.6) is 5.75 Å². The van der Waals surface area contributed by atoms with Gasteiger partial charge in [0.15, 0.2) is 0 Å². The minimum Gasteiger partial charge on any atom is -0.494 e. The van der Waals surface area contributed by atoms with Crippen molar-refractivity contribution in [1.29, 1.82) is 5.26 Å². The Morgan fingerprint density at radius 1 is 1.05 bits per heavy atom. The number of hydrogen-bond donors (Lipinski definition) is 0. The SMILES string of the molecule is N#CC(CCOc1ccc(F)cc1)c1ccccc1F. The summed E-state index contributed by atoms with van der Waals surface area (Å²) in [5, 5.41) is 9.12. The van der Waals surface area contributed by atoms with Crippen LogP contribution in [0.2, 0.25) is 0 Å². The molecule has 0 aliphatic rings. The van der Waals surface area contributed by atoms with Gasteiger partial charge >= 0.3 is 0 Å². The monoisotopic (exact) mass is 273 g/mol. The molecule has 0 saturated carbocycles. The van der Waals surface area contributed by atoms with Gasteiger partial charge in [-0.1, -0.05) is 18.2 Å². The summed E-state index contributed by atoms with van der Waals surface area (Å²) < 4.78 is 31.7. The molecule has 0 saturated heterocycles. The van der Waals surface area contributed by atoms with E-state index < -0.39 is 5.92 Å². The van der Waals surface area contributed by atoms with Crippen molar-refractivity contribution < 1.29 is 13.5 Å². The van der Waals surface area contributed by atoms with Crippen molar-refractivity contribution in [3.63, 3.8) is 0 Å². The van der Waals surface area contributed by atoms with E-state index in [9.17, 15) is 8.78 Å². The predicted octanol–water partition coefficient (Wildman–Crippen LogP) is 4.04. The Hall–Kier alpha value is -2.41. The number of nitriles is 1. The van der Waals surface area contributed by atoms with Gasteiger partial charge in [0.1, 0.15) is 17.4 Å². The molecule has 0 spiro atoms. The van der Waals surface area contributed by atoms with Gasteiger partial charge in [0.05, 0.1) is 18.6 Å². The van der Waals surface area contributed by atoms with Crippen molar-refractivity contribution in [2.45, 2.75) is 12.3 Å². The van der Waals surface area contributed by atoms with Gasteiger partial charge in [-0.05, 0) is 30.3 Å². The second-order valence-electron chi connectivity index (χ2n) is 4.29. The number of halogens is 2. The van der Waals surface area contributed by atoms with Crippen molar-refractivity contribution in [3.05, 3.63) is 65.7 Å². The minimum atomic E-state index is -0.559. The first-order chi connectivity index (χ1) is 9.70. The number of benzene rings is 2. The highest BCUT2D eigenvalue weighted by Gasteiger charge is 2.14. The maximum atomic E-state index is 13.6. The van der Waals surface area contributed by atoms with Gasteiger partial charge in [-0.15, -0.1) is 0 Å². The van der Waals surface area contributed by atoms with Crippen molar-refractivity contribution in [2.24, 2.45) is 0 Å². The van der Waals surface area contributed by atoms with E-state index in [2.05, 4.69) is 6.07 Å². The van der Waals surface area contributed by atoms with E-state index in [1.54, 1.807) is 18.2 Å². The molecular formula is C16H13F2NO. The number of hydrogen-bond acceptors (Lipinski definition) is 2. The molecule has 1 unspecified atom stereocenters. The van der Waals surface area contributed by atoms with Gasteiger partial charge in [0.2, 0.25) is 0 Å². The van der Waals surface area contributed by atoms with E-state index >= 15 is 0 Å². The Morgan fingerprint density at radius 2 is 1.75 bits per heavy atom. The van der Waals surface area contributed by atoms with E-state index in [-0.39, 0.29) is 18.2 Å². The third-order valence-corrected chi connectivity index (χ3v) is 2.93. The van der Waals surface area contributed by atoms with Crippen LogP contribution in [0, 0.1) is 23.0 Å². The molecule has 0 fully saturated rings. The van der Waals surface area contributed by atoms with Crippen molar-refractivity contribution >= 4 is 0 Å². The molecule has 2 aromatic rings. The normalized spacial score (nSPS) is 11.7. The molecule has 0 bridgehead atoms. The molecule has 0 heterocycles. The summed E-state index contributed by atoms with van der Waals surface area (Å²) >= 11 is 0. The van der Waals surface area contributed by atoms with Crippen molar-refractivity contribution in [3.8, 4) is 11.8 Å². The van der Waals surface area contributed by atoms with Gasteiger partial charge in [-0.25, -0.2) is 8.78 Å². The lowest BCUT2D eigenvalue weighted by Gasteiger charge is -2.11. The van der Waals surface area contributed by atoms with Crippen LogP contribution in [0.3, 0.4) is 0 Å². The van der Waals surface area contributed by atoms with Crippen LogP contribution in [0.15, 0.2) is 48.5 Å². The van der Waals surface area contributed by atoms with Crippen LogP contribution in [0.25, 0.3) is 0 Å². The standard InChI is InChI=1S/C16H13F2NO/c17-13-5-7-14(8-6-13)20-10-9-12(11-19)15-3-1-2-4-16(15)18/h1-8,12H,9-10H2. The average Bonchev–Trinajstić information content (AvgIpc) is 2.47. The molecule has 4 heteroatoms. The Labute approximate surface area is 116 Å². The topological polar surface area (TPSA) is 33.0 Å². The smallest absolute Gasteiger partial charge is 0.127 e. The summed E-state index contributed by atoms with van der Waals surface area (Å²) in [4.78, 5) is 0. The minimum absolute atomic E-state index is 0.262. The average molecular weight is 273 g/mol. The highest BCUT2D eigenvalue weighted by Crippen LogP contribution is 2.22. The third kappa shape index (κ3) is 3.55. The summed E-state index contributed by atoms with van der Waals surface area (Å²) in [6.45, 7) is 0.262. The largest absolute Gasteiger partial charge is 0.494 e. The van der Waals surface area contributed by atoms with Crippen LogP contribution in [-0.2, 0) is 0 Å². The molecule has 2 aromatic carbocycles. The van der Waals surface area contributed by atoms with Gasteiger partial charge in [-0.2, -0.15) is 5.26 Å². The van der Waals surface area contributed by atoms with Crippen LogP contribution < -0.4 is 4.74 Å². The van der Waals surface area contributed by atoms with E-state index in [1.807, 2.05) is 0 Å². The molecule has 1 atom stereocenters. The summed E-state index contributed by atoms with van der Waals surface area (Å²) in [7, 11) is 0. The van der Waals surface area contributed by atoms with E-state index in [1.165, 1.54) is 30.3 Å². The first-order valence-electron chi connectivity index (χ1n) is 6.23. The molecule has 2 nitrogen and oxygen atoms in total. The van der Waals surface area contributed by atoms with Crippen molar-refractivity contribution in [2.75, 3.05) is 6.61 Å². The molecule has 2 rings (SSSR count). The second-order valence-corrected chi connectivity index (χ2v) is 4.29. The lowest BCUT2D eigenvalue weighted by atomic mass is 9.97. The Kier molecular flexibility index (Phi) is 4.67. The maximum Gasteiger partial charge on any atom is 0.127 e. The Bertz CT molecular complexity index is 605. The predicted molar refractivity (Wildman–Crippen MR) is 71.3 cm³/mol. The van der Waals surface area contributed by atoms with E-state index in [4.69, 9.17) is 10.00 Å². The van der Waals surface area contributed by atoms with Gasteiger partial charge in [0.25, 0.3) is 0 Å². The third-order valence-electron chi connectivity index (χ3n) is 2.93. The maximum absolute atomic E-state index is 13.6. The molecule has 0 amide bonds. The Morgan fingerprint density at radius 3 is 2.40 bits per heavy atom. The second kappa shape index (κ2) is 6.67. The zero-order chi connectivity index (χ0) is 14.4. The summed E-state index contributed by atoms with van der Waals surface area (Å²) in [6.07, 6.45) is 0.370. The molecule has 0 aliphatic carbocycles.